The molecule has 1 unspecified atom stereocenters. The minimum absolute atomic E-state index is 0.633. The Morgan fingerprint density at radius 1 is 1.42 bits per heavy atom. The van der Waals surface area contributed by atoms with Crippen molar-refractivity contribution in [2.75, 3.05) is 20.1 Å². The fourth-order valence-electron chi connectivity index (χ4n) is 1.99. The van der Waals surface area contributed by atoms with Crippen LogP contribution in [-0.4, -0.2) is 37.1 Å². The lowest BCUT2D eigenvalue weighted by Gasteiger charge is -2.39. The van der Waals surface area contributed by atoms with Gasteiger partial charge in [0.25, 0.3) is 0 Å². The molecule has 0 aromatic carbocycles. The van der Waals surface area contributed by atoms with Crippen molar-refractivity contribution in [2.24, 2.45) is 5.41 Å². The summed E-state index contributed by atoms with van der Waals surface area (Å²) >= 11 is 0. The number of hydrogen-bond donors (Lipinski definition) is 1. The fraction of sp³-hybridized carbons (Fsp3) is 1.00. The average molecular weight is 168 g/mol. The molecule has 12 heavy (non-hydrogen) atoms. The molecule has 2 aliphatic rings. The molecular weight excluding hydrogens is 148 g/mol. The maximum atomic E-state index is 3.71. The Hall–Kier alpha value is -0.0800. The van der Waals surface area contributed by atoms with Gasteiger partial charge < -0.3 is 10.2 Å². The number of nitrogens with one attached hydrogen (secondary N) is 1. The van der Waals surface area contributed by atoms with E-state index in [2.05, 4.69) is 31.1 Å². The Kier molecular flexibility index (Phi) is 1.92. The van der Waals surface area contributed by atoms with E-state index in [1.807, 2.05) is 0 Å². The van der Waals surface area contributed by atoms with Crippen molar-refractivity contribution in [3.8, 4) is 0 Å². The van der Waals surface area contributed by atoms with Gasteiger partial charge in [0.05, 0.1) is 0 Å². The van der Waals surface area contributed by atoms with Crippen molar-refractivity contribution in [1.29, 1.82) is 0 Å². The second-order valence-corrected chi connectivity index (χ2v) is 4.96. The first-order chi connectivity index (χ1) is 5.60. The van der Waals surface area contributed by atoms with Crippen molar-refractivity contribution >= 4 is 0 Å². The van der Waals surface area contributed by atoms with Crippen molar-refractivity contribution in [3.63, 3.8) is 0 Å². The summed E-state index contributed by atoms with van der Waals surface area (Å²) in [7, 11) is 2.18. The van der Waals surface area contributed by atoms with Crippen LogP contribution in [0.1, 0.15) is 26.7 Å². The molecule has 1 atom stereocenters. The lowest BCUT2D eigenvalue weighted by molar-refractivity contribution is 0.141. The minimum atomic E-state index is 0.633. The monoisotopic (exact) mass is 168 g/mol. The number of hydrogen-bond acceptors (Lipinski definition) is 2. The first kappa shape index (κ1) is 8.52. The summed E-state index contributed by atoms with van der Waals surface area (Å²) in [6.45, 7) is 7.21. The van der Waals surface area contributed by atoms with E-state index in [0.717, 1.165) is 12.1 Å². The van der Waals surface area contributed by atoms with E-state index in [9.17, 15) is 0 Å². The molecule has 2 rings (SSSR count). The molecule has 0 radical (unpaired) electrons. The topological polar surface area (TPSA) is 15.3 Å². The third kappa shape index (κ3) is 1.50. The molecule has 1 N–H and O–H groups in total. The van der Waals surface area contributed by atoms with E-state index >= 15 is 0 Å². The van der Waals surface area contributed by atoms with Crippen LogP contribution >= 0.6 is 0 Å². The van der Waals surface area contributed by atoms with E-state index in [1.54, 1.807) is 0 Å². The maximum absolute atomic E-state index is 3.71. The predicted octanol–water partition coefficient (Wildman–Crippen LogP) is 1.08. The molecule has 0 bridgehead atoms. The Labute approximate surface area is 75.3 Å². The van der Waals surface area contributed by atoms with E-state index in [-0.39, 0.29) is 0 Å². The van der Waals surface area contributed by atoms with Gasteiger partial charge in [-0.15, -0.1) is 0 Å². The van der Waals surface area contributed by atoms with E-state index in [1.165, 1.54) is 25.9 Å². The van der Waals surface area contributed by atoms with Gasteiger partial charge in [-0.05, 0) is 32.2 Å². The molecule has 2 heteroatoms. The third-order valence-electron chi connectivity index (χ3n) is 3.63. The second-order valence-electron chi connectivity index (χ2n) is 4.96. The fourth-order valence-corrected chi connectivity index (χ4v) is 1.99. The Morgan fingerprint density at radius 2 is 2.00 bits per heavy atom. The van der Waals surface area contributed by atoms with E-state index in [0.29, 0.717) is 5.41 Å². The van der Waals surface area contributed by atoms with Crippen molar-refractivity contribution < 1.29 is 0 Å². The van der Waals surface area contributed by atoms with Crippen LogP contribution in [0.3, 0.4) is 0 Å². The van der Waals surface area contributed by atoms with Crippen LogP contribution in [-0.2, 0) is 0 Å². The van der Waals surface area contributed by atoms with Gasteiger partial charge in [-0.3, -0.25) is 0 Å². The summed E-state index contributed by atoms with van der Waals surface area (Å²) in [4.78, 5) is 2.36. The molecule has 0 aromatic rings. The average Bonchev–Trinajstić information content (AvgIpc) is 2.66. The highest BCUT2D eigenvalue weighted by molar-refractivity contribution is 4.99. The number of likely N-dealkylation sites (N-methyl/N-ethyl adjacent to an activating group) is 1. The van der Waals surface area contributed by atoms with Crippen molar-refractivity contribution in [2.45, 2.75) is 38.8 Å². The molecule has 2 nitrogen and oxygen atoms in total. The zero-order valence-corrected chi connectivity index (χ0v) is 8.43. The summed E-state index contributed by atoms with van der Waals surface area (Å²) in [5.41, 5.74) is 0.633. The zero-order valence-electron chi connectivity index (χ0n) is 8.43. The first-order valence-corrected chi connectivity index (χ1v) is 5.05. The van der Waals surface area contributed by atoms with Crippen LogP contribution < -0.4 is 5.32 Å². The van der Waals surface area contributed by atoms with Crippen LogP contribution in [0.5, 0.6) is 0 Å². The molecule has 0 aromatic heterocycles. The van der Waals surface area contributed by atoms with Crippen LogP contribution in [0.2, 0.25) is 0 Å². The Balaban J connectivity index is 1.73. The highest BCUT2D eigenvalue weighted by Crippen LogP contribution is 2.48. The lowest BCUT2D eigenvalue weighted by atomic mass is 9.98. The quantitative estimate of drug-likeness (QED) is 0.678. The molecule has 2 fully saturated rings. The molecule has 70 valence electrons. The standard InChI is InChI=1S/C10H20N2/c1-8(10(2)4-5-10)11-9-6-12(3)7-9/h8-9,11H,4-7H2,1-3H3. The van der Waals surface area contributed by atoms with Gasteiger partial charge in [-0.25, -0.2) is 0 Å². The number of rotatable bonds is 3. The summed E-state index contributed by atoms with van der Waals surface area (Å²) in [5.74, 6) is 0. The summed E-state index contributed by atoms with van der Waals surface area (Å²) in [6.07, 6.45) is 2.84. The summed E-state index contributed by atoms with van der Waals surface area (Å²) < 4.78 is 0. The van der Waals surface area contributed by atoms with E-state index < -0.39 is 0 Å². The van der Waals surface area contributed by atoms with Crippen LogP contribution in [0.15, 0.2) is 0 Å². The number of likely N-dealkylation sites (tertiary alicyclic amines) is 1. The van der Waals surface area contributed by atoms with Crippen molar-refractivity contribution in [3.05, 3.63) is 0 Å². The van der Waals surface area contributed by atoms with Gasteiger partial charge in [0.15, 0.2) is 0 Å². The smallest absolute Gasteiger partial charge is 0.0324 e. The van der Waals surface area contributed by atoms with Gasteiger partial charge in [0, 0.05) is 25.2 Å². The third-order valence-corrected chi connectivity index (χ3v) is 3.63. The predicted molar refractivity (Wildman–Crippen MR) is 51.2 cm³/mol. The second kappa shape index (κ2) is 2.71. The highest BCUT2D eigenvalue weighted by Gasteiger charge is 2.43. The highest BCUT2D eigenvalue weighted by atomic mass is 15.2. The van der Waals surface area contributed by atoms with Crippen LogP contribution in [0, 0.1) is 5.41 Å². The Bertz CT molecular complexity index is 169. The van der Waals surface area contributed by atoms with Gasteiger partial charge in [0.1, 0.15) is 0 Å². The van der Waals surface area contributed by atoms with Crippen molar-refractivity contribution in [1.82, 2.24) is 10.2 Å². The minimum Gasteiger partial charge on any atom is -0.308 e. The van der Waals surface area contributed by atoms with Crippen LogP contribution in [0.25, 0.3) is 0 Å². The molecule has 1 aliphatic heterocycles. The first-order valence-electron chi connectivity index (χ1n) is 5.05. The van der Waals surface area contributed by atoms with E-state index in [4.69, 9.17) is 0 Å². The van der Waals surface area contributed by atoms with Gasteiger partial charge in [-0.1, -0.05) is 6.92 Å². The molecular formula is C10H20N2. The van der Waals surface area contributed by atoms with Gasteiger partial charge in [-0.2, -0.15) is 0 Å². The normalized spacial score (nSPS) is 31.2. The van der Waals surface area contributed by atoms with Gasteiger partial charge in [0.2, 0.25) is 0 Å². The molecule has 0 spiro atoms. The Morgan fingerprint density at radius 3 is 2.42 bits per heavy atom. The van der Waals surface area contributed by atoms with Crippen LogP contribution in [0.4, 0.5) is 0 Å². The number of nitrogens with zero attached hydrogens (tertiary/aromatic N) is 1. The SMILES string of the molecule is CC(NC1CN(C)C1)C1(C)CC1. The summed E-state index contributed by atoms with van der Waals surface area (Å²) in [6, 6.07) is 1.48. The molecule has 1 saturated carbocycles. The lowest BCUT2D eigenvalue weighted by Crippen LogP contribution is -2.59. The molecule has 0 amide bonds. The largest absolute Gasteiger partial charge is 0.308 e. The molecule has 1 saturated heterocycles. The zero-order chi connectivity index (χ0) is 8.77. The summed E-state index contributed by atoms with van der Waals surface area (Å²) in [5, 5.41) is 3.71. The molecule has 1 aliphatic carbocycles. The van der Waals surface area contributed by atoms with Gasteiger partial charge >= 0.3 is 0 Å². The molecule has 1 heterocycles. The maximum Gasteiger partial charge on any atom is 0.0324 e.